The van der Waals surface area contributed by atoms with Gasteiger partial charge in [0, 0.05) is 20.2 Å². The lowest BCUT2D eigenvalue weighted by atomic mass is 10.1. The summed E-state index contributed by atoms with van der Waals surface area (Å²) in [6.45, 7) is 2.15. The van der Waals surface area contributed by atoms with Crippen molar-refractivity contribution in [1.82, 2.24) is 4.90 Å². The molecule has 0 spiro atoms. The Kier molecular flexibility index (Phi) is 5.01. The molecule has 0 radical (unpaired) electrons. The number of likely N-dealkylation sites (tertiary alicyclic amines) is 1. The lowest BCUT2D eigenvalue weighted by Crippen LogP contribution is -2.41. The molecule has 1 unspecified atom stereocenters. The zero-order chi connectivity index (χ0) is 11.3. The molecule has 1 rings (SSSR count). The van der Waals surface area contributed by atoms with Crippen LogP contribution in [0.1, 0.15) is 12.8 Å². The molecule has 0 aliphatic carbocycles. The fourth-order valence-electron chi connectivity index (χ4n) is 1.60. The summed E-state index contributed by atoms with van der Waals surface area (Å²) in [5.74, 6) is -0.355. The van der Waals surface area contributed by atoms with Gasteiger partial charge in [0.25, 0.3) is 0 Å². The first-order valence-corrected chi connectivity index (χ1v) is 5.27. The van der Waals surface area contributed by atoms with Crippen LogP contribution in [0.2, 0.25) is 0 Å². The van der Waals surface area contributed by atoms with Crippen LogP contribution in [-0.4, -0.2) is 56.9 Å². The Balaban J connectivity index is 2.25. The minimum Gasteiger partial charge on any atom is -0.461 e. The molecule has 1 aliphatic heterocycles. The lowest BCUT2D eigenvalue weighted by molar-refractivity contribution is -0.153. The Morgan fingerprint density at radius 3 is 2.67 bits per heavy atom. The van der Waals surface area contributed by atoms with E-state index < -0.39 is 6.04 Å². The van der Waals surface area contributed by atoms with Gasteiger partial charge in [0.1, 0.15) is 12.1 Å². The van der Waals surface area contributed by atoms with E-state index in [1.165, 1.54) is 7.11 Å². The number of ether oxygens (including phenoxy) is 2. The third kappa shape index (κ3) is 4.15. The van der Waals surface area contributed by atoms with Gasteiger partial charge in [-0.15, -0.1) is 0 Å². The second-order valence-corrected chi connectivity index (χ2v) is 4.00. The van der Waals surface area contributed by atoms with Crippen molar-refractivity contribution in [3.8, 4) is 0 Å². The summed E-state index contributed by atoms with van der Waals surface area (Å²) < 4.78 is 10.1. The number of carbonyl (C=O) groups is 1. The number of methoxy groups -OCH3 is 1. The van der Waals surface area contributed by atoms with Crippen LogP contribution < -0.4 is 5.73 Å². The van der Waals surface area contributed by atoms with Crippen LogP contribution in [0.15, 0.2) is 0 Å². The van der Waals surface area contributed by atoms with Crippen molar-refractivity contribution in [2.24, 2.45) is 5.73 Å². The summed E-state index contributed by atoms with van der Waals surface area (Å²) in [5.41, 5.74) is 5.56. The van der Waals surface area contributed by atoms with E-state index in [0.717, 1.165) is 25.9 Å². The average molecular weight is 216 g/mol. The first-order chi connectivity index (χ1) is 7.13. The van der Waals surface area contributed by atoms with E-state index in [9.17, 15) is 4.79 Å². The van der Waals surface area contributed by atoms with Crippen molar-refractivity contribution in [2.75, 3.05) is 33.9 Å². The van der Waals surface area contributed by atoms with Gasteiger partial charge in [-0.1, -0.05) is 0 Å². The highest BCUT2D eigenvalue weighted by atomic mass is 16.5. The highest BCUT2D eigenvalue weighted by Crippen LogP contribution is 2.12. The van der Waals surface area contributed by atoms with E-state index in [-0.39, 0.29) is 18.7 Å². The van der Waals surface area contributed by atoms with Crippen LogP contribution in [0.5, 0.6) is 0 Å². The van der Waals surface area contributed by atoms with Crippen molar-refractivity contribution in [1.29, 1.82) is 0 Å². The van der Waals surface area contributed by atoms with Crippen LogP contribution in [0.3, 0.4) is 0 Å². The van der Waals surface area contributed by atoms with E-state index in [1.54, 1.807) is 0 Å². The number of rotatable bonds is 4. The van der Waals surface area contributed by atoms with Crippen molar-refractivity contribution < 1.29 is 14.3 Å². The van der Waals surface area contributed by atoms with Crippen molar-refractivity contribution in [3.63, 3.8) is 0 Å². The quantitative estimate of drug-likeness (QED) is 0.648. The lowest BCUT2D eigenvalue weighted by Gasteiger charge is -2.29. The molecule has 0 amide bonds. The second kappa shape index (κ2) is 6.05. The van der Waals surface area contributed by atoms with E-state index in [2.05, 4.69) is 11.9 Å². The van der Waals surface area contributed by atoms with E-state index in [4.69, 9.17) is 15.2 Å². The Hall–Kier alpha value is -0.650. The highest BCUT2D eigenvalue weighted by molar-refractivity contribution is 5.75. The molecule has 15 heavy (non-hydrogen) atoms. The van der Waals surface area contributed by atoms with Gasteiger partial charge in [-0.3, -0.25) is 4.79 Å². The second-order valence-electron chi connectivity index (χ2n) is 4.00. The Morgan fingerprint density at radius 2 is 2.13 bits per heavy atom. The first-order valence-electron chi connectivity index (χ1n) is 5.27. The summed E-state index contributed by atoms with van der Waals surface area (Å²) in [4.78, 5) is 13.7. The highest BCUT2D eigenvalue weighted by Gasteiger charge is 2.23. The molecule has 0 saturated carbocycles. The molecule has 0 aromatic rings. The maximum absolute atomic E-state index is 11.4. The third-order valence-corrected chi connectivity index (χ3v) is 2.60. The van der Waals surface area contributed by atoms with Gasteiger partial charge < -0.3 is 20.1 Å². The minimum atomic E-state index is -0.658. The standard InChI is InChI=1S/C10H20N2O3/c1-12-5-3-8(4-6-12)15-10(13)9(11)7-14-2/h8-9H,3-7,11H2,1-2H3. The minimum absolute atomic E-state index is 0.0246. The Bertz CT molecular complexity index is 203. The van der Waals surface area contributed by atoms with Crippen molar-refractivity contribution in [3.05, 3.63) is 0 Å². The third-order valence-electron chi connectivity index (χ3n) is 2.60. The van der Waals surface area contributed by atoms with Gasteiger partial charge in [0.05, 0.1) is 6.61 Å². The molecule has 1 atom stereocenters. The molecule has 0 aromatic heterocycles. The molecular formula is C10H20N2O3. The number of piperidine rings is 1. The van der Waals surface area contributed by atoms with E-state index >= 15 is 0 Å². The number of carbonyl (C=O) groups excluding carboxylic acids is 1. The van der Waals surface area contributed by atoms with Gasteiger partial charge in [-0.05, 0) is 19.9 Å². The topological polar surface area (TPSA) is 64.8 Å². The number of hydrogen-bond donors (Lipinski definition) is 1. The molecule has 88 valence electrons. The van der Waals surface area contributed by atoms with Gasteiger partial charge in [-0.2, -0.15) is 0 Å². The van der Waals surface area contributed by atoms with E-state index in [1.807, 2.05) is 0 Å². The summed E-state index contributed by atoms with van der Waals surface area (Å²) >= 11 is 0. The van der Waals surface area contributed by atoms with E-state index in [0.29, 0.717) is 0 Å². The molecular weight excluding hydrogens is 196 g/mol. The smallest absolute Gasteiger partial charge is 0.325 e. The van der Waals surface area contributed by atoms with Crippen LogP contribution in [-0.2, 0) is 14.3 Å². The molecule has 1 aliphatic rings. The van der Waals surface area contributed by atoms with Crippen LogP contribution in [0.4, 0.5) is 0 Å². The number of hydrogen-bond acceptors (Lipinski definition) is 5. The molecule has 0 aromatic carbocycles. The molecule has 5 nitrogen and oxygen atoms in total. The van der Waals surface area contributed by atoms with Gasteiger partial charge in [0.2, 0.25) is 0 Å². The molecule has 0 bridgehead atoms. The Morgan fingerprint density at radius 1 is 1.53 bits per heavy atom. The molecule has 1 heterocycles. The monoisotopic (exact) mass is 216 g/mol. The Labute approximate surface area is 90.5 Å². The molecule has 1 saturated heterocycles. The van der Waals surface area contributed by atoms with Crippen LogP contribution in [0.25, 0.3) is 0 Å². The predicted molar refractivity (Wildman–Crippen MR) is 56.5 cm³/mol. The predicted octanol–water partition coefficient (Wildman–Crippen LogP) is -0.402. The van der Waals surface area contributed by atoms with Gasteiger partial charge in [-0.25, -0.2) is 0 Å². The summed E-state index contributed by atoms with van der Waals surface area (Å²) in [7, 11) is 3.58. The molecule has 2 N–H and O–H groups in total. The van der Waals surface area contributed by atoms with Crippen LogP contribution in [0, 0.1) is 0 Å². The number of nitrogens with two attached hydrogens (primary N) is 1. The normalized spacial score (nSPS) is 21.3. The number of nitrogens with zero attached hydrogens (tertiary/aromatic N) is 1. The SMILES string of the molecule is COCC(N)C(=O)OC1CCN(C)CC1. The zero-order valence-corrected chi connectivity index (χ0v) is 9.44. The number of esters is 1. The summed E-state index contributed by atoms with van der Waals surface area (Å²) in [6, 6.07) is -0.658. The summed E-state index contributed by atoms with van der Waals surface area (Å²) in [6.07, 6.45) is 1.81. The van der Waals surface area contributed by atoms with Crippen molar-refractivity contribution in [2.45, 2.75) is 25.0 Å². The zero-order valence-electron chi connectivity index (χ0n) is 9.44. The maximum Gasteiger partial charge on any atom is 0.325 e. The maximum atomic E-state index is 11.4. The molecule has 1 fully saturated rings. The van der Waals surface area contributed by atoms with Crippen molar-refractivity contribution >= 4 is 5.97 Å². The fraction of sp³-hybridized carbons (Fsp3) is 0.900. The largest absolute Gasteiger partial charge is 0.461 e. The first kappa shape index (κ1) is 12.4. The van der Waals surface area contributed by atoms with Crippen LogP contribution >= 0.6 is 0 Å². The summed E-state index contributed by atoms with van der Waals surface area (Å²) in [5, 5.41) is 0. The van der Waals surface area contributed by atoms with Gasteiger partial charge >= 0.3 is 5.97 Å². The molecule has 5 heteroatoms. The average Bonchev–Trinajstić information content (AvgIpc) is 2.22. The van der Waals surface area contributed by atoms with Gasteiger partial charge in [0.15, 0.2) is 0 Å². The fourth-order valence-corrected chi connectivity index (χ4v) is 1.60.